The molecule has 0 atom stereocenters. The Balaban J connectivity index is 2.35. The van der Waals surface area contributed by atoms with Crippen LogP contribution < -0.4 is 0 Å². The van der Waals surface area contributed by atoms with Crippen LogP contribution in [0.3, 0.4) is 0 Å². The smallest absolute Gasteiger partial charge is 0.240 e. The highest BCUT2D eigenvalue weighted by molar-refractivity contribution is 5.43. The SMILES string of the molecule is CCn1nnc(-c2ccco2)n1. The number of rotatable bonds is 2. The van der Waals surface area contributed by atoms with E-state index in [0.29, 0.717) is 18.1 Å². The van der Waals surface area contributed by atoms with E-state index in [1.165, 1.54) is 4.80 Å². The van der Waals surface area contributed by atoms with E-state index in [0.717, 1.165) is 0 Å². The third kappa shape index (κ3) is 1.09. The molecule has 0 aliphatic carbocycles. The zero-order chi connectivity index (χ0) is 8.39. The Kier molecular flexibility index (Phi) is 1.62. The molecule has 5 nitrogen and oxygen atoms in total. The number of aryl methyl sites for hydroxylation is 1. The second kappa shape index (κ2) is 2.77. The molecule has 0 N–H and O–H groups in total. The Labute approximate surface area is 69.0 Å². The summed E-state index contributed by atoms with van der Waals surface area (Å²) >= 11 is 0. The summed E-state index contributed by atoms with van der Waals surface area (Å²) in [6, 6.07) is 3.60. The summed E-state index contributed by atoms with van der Waals surface area (Å²) in [5.74, 6) is 1.18. The van der Waals surface area contributed by atoms with E-state index in [2.05, 4.69) is 15.4 Å². The lowest BCUT2D eigenvalue weighted by molar-refractivity contribution is 0.549. The Bertz CT molecular complexity index is 351. The van der Waals surface area contributed by atoms with Gasteiger partial charge in [0.2, 0.25) is 5.82 Å². The van der Waals surface area contributed by atoms with Gasteiger partial charge in [-0.25, -0.2) is 0 Å². The van der Waals surface area contributed by atoms with E-state index in [9.17, 15) is 0 Å². The molecule has 12 heavy (non-hydrogen) atoms. The van der Waals surface area contributed by atoms with Gasteiger partial charge in [0.25, 0.3) is 0 Å². The molecule has 62 valence electrons. The zero-order valence-corrected chi connectivity index (χ0v) is 6.64. The lowest BCUT2D eigenvalue weighted by Crippen LogP contribution is -1.98. The summed E-state index contributed by atoms with van der Waals surface area (Å²) in [4.78, 5) is 1.51. The highest BCUT2D eigenvalue weighted by atomic mass is 16.3. The van der Waals surface area contributed by atoms with Crippen LogP contribution >= 0.6 is 0 Å². The van der Waals surface area contributed by atoms with Gasteiger partial charge in [-0.3, -0.25) is 0 Å². The largest absolute Gasteiger partial charge is 0.461 e. The molecular weight excluding hydrogens is 156 g/mol. The van der Waals surface area contributed by atoms with Gasteiger partial charge in [-0.1, -0.05) is 0 Å². The van der Waals surface area contributed by atoms with Gasteiger partial charge in [0.1, 0.15) is 0 Å². The molecule has 0 radical (unpaired) electrons. The first-order valence-electron chi connectivity index (χ1n) is 3.72. The molecule has 2 aromatic rings. The van der Waals surface area contributed by atoms with E-state index in [-0.39, 0.29) is 0 Å². The minimum absolute atomic E-state index is 0.529. The monoisotopic (exact) mass is 164 g/mol. The maximum atomic E-state index is 5.10. The fourth-order valence-electron chi connectivity index (χ4n) is 0.882. The van der Waals surface area contributed by atoms with Gasteiger partial charge in [0.15, 0.2) is 5.76 Å². The predicted molar refractivity (Wildman–Crippen MR) is 41.2 cm³/mol. The molecule has 0 saturated carbocycles. The average Bonchev–Trinajstić information content (AvgIpc) is 2.75. The molecule has 2 rings (SSSR count). The highest BCUT2D eigenvalue weighted by Gasteiger charge is 2.06. The molecule has 0 spiro atoms. The maximum Gasteiger partial charge on any atom is 0.240 e. The number of nitrogens with zero attached hydrogens (tertiary/aromatic N) is 4. The van der Waals surface area contributed by atoms with E-state index in [4.69, 9.17) is 4.42 Å². The number of hydrogen-bond acceptors (Lipinski definition) is 4. The van der Waals surface area contributed by atoms with E-state index in [1.807, 2.05) is 6.92 Å². The minimum atomic E-state index is 0.529. The highest BCUT2D eigenvalue weighted by Crippen LogP contribution is 2.12. The molecule has 0 fully saturated rings. The molecule has 2 aromatic heterocycles. The van der Waals surface area contributed by atoms with Crippen LogP contribution in [0, 0.1) is 0 Å². The standard InChI is InChI=1S/C7H8N4O/c1-2-11-9-7(8-10-11)6-4-3-5-12-6/h3-5H,2H2,1H3. The van der Waals surface area contributed by atoms with E-state index in [1.54, 1.807) is 18.4 Å². The summed E-state index contributed by atoms with van der Waals surface area (Å²) in [6.07, 6.45) is 1.59. The molecule has 0 aliphatic heterocycles. The van der Waals surface area contributed by atoms with Crippen molar-refractivity contribution in [2.75, 3.05) is 0 Å². The Morgan fingerprint density at radius 2 is 2.50 bits per heavy atom. The van der Waals surface area contributed by atoms with Crippen molar-refractivity contribution in [2.45, 2.75) is 13.5 Å². The third-order valence-corrected chi connectivity index (χ3v) is 1.48. The lowest BCUT2D eigenvalue weighted by atomic mass is 10.4. The molecule has 0 aromatic carbocycles. The van der Waals surface area contributed by atoms with Crippen molar-refractivity contribution in [1.29, 1.82) is 0 Å². The van der Waals surface area contributed by atoms with Crippen molar-refractivity contribution >= 4 is 0 Å². The number of aromatic nitrogens is 4. The van der Waals surface area contributed by atoms with Gasteiger partial charge in [0, 0.05) is 0 Å². The first-order valence-corrected chi connectivity index (χ1v) is 3.72. The number of furan rings is 1. The maximum absolute atomic E-state index is 5.10. The van der Waals surface area contributed by atoms with Gasteiger partial charge < -0.3 is 4.42 Å². The first-order chi connectivity index (χ1) is 5.90. The van der Waals surface area contributed by atoms with Crippen molar-refractivity contribution in [3.8, 4) is 11.6 Å². The van der Waals surface area contributed by atoms with Crippen LogP contribution in [-0.4, -0.2) is 20.2 Å². The van der Waals surface area contributed by atoms with E-state index < -0.39 is 0 Å². The van der Waals surface area contributed by atoms with Gasteiger partial charge >= 0.3 is 0 Å². The summed E-state index contributed by atoms with van der Waals surface area (Å²) in [5, 5.41) is 11.7. The Hall–Kier alpha value is -1.65. The molecule has 0 saturated heterocycles. The Morgan fingerprint density at radius 1 is 1.58 bits per heavy atom. The first kappa shape index (κ1) is 7.02. The lowest BCUT2D eigenvalue weighted by Gasteiger charge is -1.86. The van der Waals surface area contributed by atoms with Crippen LogP contribution in [0.5, 0.6) is 0 Å². The average molecular weight is 164 g/mol. The van der Waals surface area contributed by atoms with Crippen LogP contribution in [0.2, 0.25) is 0 Å². The molecule has 5 heteroatoms. The fraction of sp³-hybridized carbons (Fsp3) is 0.286. The third-order valence-electron chi connectivity index (χ3n) is 1.48. The van der Waals surface area contributed by atoms with Crippen LogP contribution in [0.1, 0.15) is 6.92 Å². The van der Waals surface area contributed by atoms with Crippen molar-refractivity contribution in [3.63, 3.8) is 0 Å². The normalized spacial score (nSPS) is 10.4. The molecule has 0 bridgehead atoms. The summed E-state index contributed by atoms with van der Waals surface area (Å²) < 4.78 is 5.10. The molecule has 0 aliphatic rings. The second-order valence-electron chi connectivity index (χ2n) is 2.28. The summed E-state index contributed by atoms with van der Waals surface area (Å²) in [5.41, 5.74) is 0. The van der Waals surface area contributed by atoms with Crippen LogP contribution in [0.15, 0.2) is 22.8 Å². The van der Waals surface area contributed by atoms with Crippen LogP contribution in [-0.2, 0) is 6.54 Å². The molecular formula is C7H8N4O. The molecule has 0 amide bonds. The topological polar surface area (TPSA) is 56.7 Å². The van der Waals surface area contributed by atoms with Gasteiger partial charge in [0.05, 0.1) is 12.8 Å². The summed E-state index contributed by atoms with van der Waals surface area (Å²) in [6.45, 7) is 2.67. The number of hydrogen-bond donors (Lipinski definition) is 0. The molecule has 2 heterocycles. The Morgan fingerprint density at radius 3 is 3.08 bits per heavy atom. The zero-order valence-electron chi connectivity index (χ0n) is 6.64. The van der Waals surface area contributed by atoms with Crippen LogP contribution in [0.4, 0.5) is 0 Å². The van der Waals surface area contributed by atoms with Crippen molar-refractivity contribution < 1.29 is 4.42 Å². The van der Waals surface area contributed by atoms with Gasteiger partial charge in [-0.2, -0.15) is 4.80 Å². The fourth-order valence-corrected chi connectivity index (χ4v) is 0.882. The van der Waals surface area contributed by atoms with Crippen molar-refractivity contribution in [2.24, 2.45) is 0 Å². The second-order valence-corrected chi connectivity index (χ2v) is 2.28. The molecule has 0 unspecified atom stereocenters. The van der Waals surface area contributed by atoms with Crippen LogP contribution in [0.25, 0.3) is 11.6 Å². The number of tetrazole rings is 1. The minimum Gasteiger partial charge on any atom is -0.461 e. The van der Waals surface area contributed by atoms with Gasteiger partial charge in [-0.05, 0) is 24.3 Å². The quantitative estimate of drug-likeness (QED) is 0.663. The summed E-state index contributed by atoms with van der Waals surface area (Å²) in [7, 11) is 0. The van der Waals surface area contributed by atoms with E-state index >= 15 is 0 Å². The van der Waals surface area contributed by atoms with Crippen molar-refractivity contribution in [3.05, 3.63) is 18.4 Å². The predicted octanol–water partition coefficient (Wildman–Crippen LogP) is 0.953. The van der Waals surface area contributed by atoms with Gasteiger partial charge in [-0.15, -0.1) is 10.2 Å². The van der Waals surface area contributed by atoms with Crippen molar-refractivity contribution in [1.82, 2.24) is 20.2 Å².